The van der Waals surface area contributed by atoms with Crippen molar-refractivity contribution in [2.45, 2.75) is 121 Å². The van der Waals surface area contributed by atoms with Gasteiger partial charge in [0.1, 0.15) is 16.9 Å². The predicted molar refractivity (Wildman–Crippen MR) is 226 cm³/mol. The smallest absolute Gasteiger partial charge is 0.164 e. The Kier molecular flexibility index (Phi) is 13.5. The van der Waals surface area contributed by atoms with Crippen molar-refractivity contribution in [2.24, 2.45) is 16.7 Å². The van der Waals surface area contributed by atoms with E-state index in [9.17, 15) is 9.90 Å². The van der Waals surface area contributed by atoms with Crippen LogP contribution in [0.5, 0.6) is 0 Å². The third-order valence-electron chi connectivity index (χ3n) is 11.7. The van der Waals surface area contributed by atoms with Crippen LogP contribution in [0, 0.1) is 29.7 Å². The molecular formula is C49H60IrNO3-. The minimum atomic E-state index is -0.337. The van der Waals surface area contributed by atoms with Gasteiger partial charge in [0.15, 0.2) is 5.78 Å². The number of rotatable bonds is 10. The van der Waals surface area contributed by atoms with Crippen LogP contribution in [0.25, 0.3) is 54.9 Å². The normalized spacial score (nSPS) is 12.7. The minimum Gasteiger partial charge on any atom is -0.512 e. The second-order valence-corrected chi connectivity index (χ2v) is 17.0. The summed E-state index contributed by atoms with van der Waals surface area (Å²) in [6.07, 6.45) is 5.73. The summed E-state index contributed by atoms with van der Waals surface area (Å²) in [5, 5.41) is 15.8. The first-order chi connectivity index (χ1) is 25.0. The summed E-state index contributed by atoms with van der Waals surface area (Å²) in [7, 11) is 0. The SMILES string of the molecule is CCC(C)(CC)C(=O)/C=C(\O)C(C)(CC)CC.Cc1ccc2c(c1)nc(-c1[c-]c3ccccc3c(C(C)(C)C)c1)c1c3cccc(CC(C)C)c3oc21.[Ir]. The number of nitrogens with zero attached hydrogens (tertiary/aromatic N) is 1. The third-order valence-corrected chi connectivity index (χ3v) is 11.7. The first kappa shape index (κ1) is 42.9. The molecule has 2 aromatic heterocycles. The van der Waals surface area contributed by atoms with Crippen LogP contribution in [-0.2, 0) is 36.7 Å². The average molecular weight is 903 g/mol. The van der Waals surface area contributed by atoms with Crippen molar-refractivity contribution in [1.82, 2.24) is 4.98 Å². The number of aryl methyl sites for hydroxylation is 1. The first-order valence-corrected chi connectivity index (χ1v) is 19.7. The molecule has 0 aliphatic carbocycles. The molecular weight excluding hydrogens is 843 g/mol. The van der Waals surface area contributed by atoms with Gasteiger partial charge in [-0.1, -0.05) is 130 Å². The second-order valence-electron chi connectivity index (χ2n) is 17.0. The van der Waals surface area contributed by atoms with Gasteiger partial charge >= 0.3 is 0 Å². The molecule has 0 bridgehead atoms. The Bertz CT molecular complexity index is 2290. The number of aliphatic hydroxyl groups excluding tert-OH is 1. The van der Waals surface area contributed by atoms with Gasteiger partial charge in [0.05, 0.1) is 5.52 Å². The number of hydrogen-bond acceptors (Lipinski definition) is 4. The van der Waals surface area contributed by atoms with Gasteiger partial charge in [-0.15, -0.1) is 29.1 Å². The molecule has 54 heavy (non-hydrogen) atoms. The molecule has 0 aliphatic heterocycles. The molecule has 6 aromatic rings. The fourth-order valence-electron chi connectivity index (χ4n) is 7.16. The molecule has 0 saturated heterocycles. The molecule has 0 atom stereocenters. The predicted octanol–water partition coefficient (Wildman–Crippen LogP) is 14.2. The van der Waals surface area contributed by atoms with Crippen molar-refractivity contribution >= 4 is 49.4 Å². The van der Waals surface area contributed by atoms with E-state index < -0.39 is 0 Å². The molecule has 6 rings (SSSR count). The van der Waals surface area contributed by atoms with E-state index in [0.717, 1.165) is 81.6 Å². The van der Waals surface area contributed by atoms with Crippen molar-refractivity contribution in [3.05, 3.63) is 101 Å². The molecule has 4 aromatic carbocycles. The number of carbonyl (C=O) groups excluding carboxylic acids is 1. The topological polar surface area (TPSA) is 63.3 Å². The van der Waals surface area contributed by atoms with Gasteiger partial charge in [-0.2, -0.15) is 0 Å². The Labute approximate surface area is 337 Å². The van der Waals surface area contributed by atoms with Crippen LogP contribution in [0.1, 0.15) is 119 Å². The molecule has 0 aliphatic rings. The summed E-state index contributed by atoms with van der Waals surface area (Å²) < 4.78 is 6.73. The maximum Gasteiger partial charge on any atom is 0.164 e. The van der Waals surface area contributed by atoms with Crippen molar-refractivity contribution in [3.8, 4) is 11.3 Å². The number of para-hydroxylation sites is 1. The van der Waals surface area contributed by atoms with Gasteiger partial charge in [0.25, 0.3) is 0 Å². The molecule has 0 spiro atoms. The zero-order valence-electron chi connectivity index (χ0n) is 34.6. The molecule has 0 amide bonds. The van der Waals surface area contributed by atoms with Gasteiger partial charge in [-0.3, -0.25) is 9.78 Å². The Morgan fingerprint density at radius 3 is 2.06 bits per heavy atom. The first-order valence-electron chi connectivity index (χ1n) is 19.7. The number of pyridine rings is 1. The molecule has 0 saturated carbocycles. The molecule has 0 fully saturated rings. The number of fused-ring (bicyclic) bond motifs is 6. The van der Waals surface area contributed by atoms with Crippen molar-refractivity contribution < 1.29 is 34.4 Å². The number of carbonyl (C=O) groups is 1. The minimum absolute atomic E-state index is 0. The summed E-state index contributed by atoms with van der Waals surface area (Å²) >= 11 is 0. The van der Waals surface area contributed by atoms with E-state index in [4.69, 9.17) is 9.40 Å². The average Bonchev–Trinajstić information content (AvgIpc) is 3.53. The zero-order valence-corrected chi connectivity index (χ0v) is 37.0. The van der Waals surface area contributed by atoms with Gasteiger partial charge in [-0.25, -0.2) is 0 Å². The Hall–Kier alpha value is -3.79. The Balaban J connectivity index is 0.000000309. The van der Waals surface area contributed by atoms with E-state index in [1.54, 1.807) is 0 Å². The van der Waals surface area contributed by atoms with Gasteiger partial charge in [0.2, 0.25) is 0 Å². The number of ketones is 1. The largest absolute Gasteiger partial charge is 0.512 e. The summed E-state index contributed by atoms with van der Waals surface area (Å²) in [5.74, 6) is 0.831. The third kappa shape index (κ3) is 8.53. The van der Waals surface area contributed by atoms with Crippen LogP contribution in [0.4, 0.5) is 0 Å². The Morgan fingerprint density at radius 1 is 0.815 bits per heavy atom. The van der Waals surface area contributed by atoms with Crippen LogP contribution in [0.15, 0.2) is 83.0 Å². The maximum absolute atomic E-state index is 12.2. The van der Waals surface area contributed by atoms with Crippen LogP contribution in [-0.4, -0.2) is 15.9 Å². The molecule has 4 nitrogen and oxygen atoms in total. The quantitative estimate of drug-likeness (QED) is 0.0845. The van der Waals surface area contributed by atoms with Gasteiger partial charge in [-0.05, 0) is 73.6 Å². The van der Waals surface area contributed by atoms with E-state index in [1.165, 1.54) is 28.2 Å². The molecule has 1 radical (unpaired) electrons. The summed E-state index contributed by atoms with van der Waals surface area (Å²) in [6, 6.07) is 27.6. The monoisotopic (exact) mass is 903 g/mol. The van der Waals surface area contributed by atoms with Crippen molar-refractivity contribution in [1.29, 1.82) is 0 Å². The number of benzene rings is 4. The molecule has 0 unspecified atom stereocenters. The summed E-state index contributed by atoms with van der Waals surface area (Å²) in [6.45, 7) is 25.5. The zero-order chi connectivity index (χ0) is 38.9. The van der Waals surface area contributed by atoms with E-state index >= 15 is 0 Å². The van der Waals surface area contributed by atoms with Crippen molar-refractivity contribution in [3.63, 3.8) is 0 Å². The van der Waals surface area contributed by atoms with Crippen LogP contribution >= 0.6 is 0 Å². The molecule has 2 heterocycles. The van der Waals surface area contributed by atoms with E-state index in [0.29, 0.717) is 5.92 Å². The Morgan fingerprint density at radius 2 is 1.44 bits per heavy atom. The number of aliphatic hydroxyl groups is 1. The molecule has 5 heteroatoms. The standard InChI is InChI=1S/C34H32NO.C15H28O2.Ir/c1-20(2)16-23-11-9-13-27-30-31(35-29-17-21(3)14-15-26(29)33(30)36-32(23)27)24-18-22-10-7-8-12-25(22)28(19-24)34(4,5)6;1-7-14(5,8-2)12(16)11-13(17)15(6,9-3)10-4;/h7-15,17,19-20H,16H2,1-6H3;11,16H,7-10H2,1-6H3;/q-1;;/b;12-11-;. The molecule has 1 N–H and O–H groups in total. The van der Waals surface area contributed by atoms with Gasteiger partial charge in [0, 0.05) is 58.9 Å². The van der Waals surface area contributed by atoms with Crippen LogP contribution < -0.4 is 0 Å². The van der Waals surface area contributed by atoms with E-state index in [-0.39, 0.29) is 47.9 Å². The van der Waals surface area contributed by atoms with Crippen LogP contribution in [0.2, 0.25) is 0 Å². The second kappa shape index (κ2) is 16.9. The summed E-state index contributed by atoms with van der Waals surface area (Å²) in [5.41, 5.74) is 7.95. The number of furan rings is 1. The number of aromatic nitrogens is 1. The van der Waals surface area contributed by atoms with Gasteiger partial charge < -0.3 is 9.52 Å². The van der Waals surface area contributed by atoms with Crippen LogP contribution in [0.3, 0.4) is 0 Å². The fourth-order valence-corrected chi connectivity index (χ4v) is 7.16. The number of hydrogen-bond donors (Lipinski definition) is 1. The maximum atomic E-state index is 12.2. The number of allylic oxidation sites excluding steroid dienone is 2. The van der Waals surface area contributed by atoms with Crippen molar-refractivity contribution in [2.75, 3.05) is 0 Å². The fraction of sp³-hybridized carbons (Fsp3) is 0.429. The van der Waals surface area contributed by atoms with E-state index in [1.807, 2.05) is 41.5 Å². The summed E-state index contributed by atoms with van der Waals surface area (Å²) in [4.78, 5) is 17.5. The molecule has 289 valence electrons. The van der Waals surface area contributed by atoms with E-state index in [2.05, 4.69) is 114 Å².